The van der Waals surface area contributed by atoms with E-state index < -0.39 is 0 Å². The molecule has 1 atom stereocenters. The van der Waals surface area contributed by atoms with Crippen molar-refractivity contribution in [2.75, 3.05) is 13.6 Å². The molecule has 132 valence electrons. The minimum absolute atomic E-state index is 0.0204. The van der Waals surface area contributed by atoms with Gasteiger partial charge in [-0.05, 0) is 38.5 Å². The third-order valence-electron chi connectivity index (χ3n) is 4.27. The fourth-order valence-electron chi connectivity index (χ4n) is 2.89. The molecular weight excluding hydrogens is 342 g/mol. The number of nitrogens with zero attached hydrogens (tertiary/aromatic N) is 4. The van der Waals surface area contributed by atoms with Crippen LogP contribution in [0.25, 0.3) is 5.82 Å². The van der Waals surface area contributed by atoms with Crippen molar-refractivity contribution in [1.82, 2.24) is 25.0 Å². The van der Waals surface area contributed by atoms with Gasteiger partial charge in [0.2, 0.25) is 5.91 Å². The Hall–Kier alpha value is -2.41. The average molecular weight is 362 g/mol. The fraction of sp³-hybridized carbons (Fsp3) is 0.412. The summed E-state index contributed by atoms with van der Waals surface area (Å²) in [5.74, 6) is 0.169. The lowest BCUT2D eigenvalue weighted by Crippen LogP contribution is -2.46. The second-order valence-electron chi connectivity index (χ2n) is 6.32. The largest absolute Gasteiger partial charge is 0.347 e. The van der Waals surface area contributed by atoms with Crippen molar-refractivity contribution in [3.8, 4) is 5.82 Å². The molecule has 0 spiro atoms. The van der Waals surface area contributed by atoms with E-state index in [1.807, 2.05) is 19.9 Å². The number of aryl methyl sites for hydroxylation is 2. The van der Waals surface area contributed by atoms with Crippen molar-refractivity contribution in [2.45, 2.75) is 32.7 Å². The predicted octanol–water partition coefficient (Wildman–Crippen LogP) is 1.89. The molecule has 0 aliphatic carbocycles. The van der Waals surface area contributed by atoms with Crippen molar-refractivity contribution in [3.05, 3.63) is 40.3 Å². The molecular formula is C17H20ClN5O2. The number of halogens is 1. The molecule has 25 heavy (non-hydrogen) atoms. The summed E-state index contributed by atoms with van der Waals surface area (Å²) in [5.41, 5.74) is 1.92. The molecule has 0 bridgehead atoms. The lowest BCUT2D eigenvalue weighted by Gasteiger charge is -2.29. The van der Waals surface area contributed by atoms with Gasteiger partial charge in [-0.2, -0.15) is 5.10 Å². The van der Waals surface area contributed by atoms with Gasteiger partial charge in [-0.3, -0.25) is 9.59 Å². The zero-order chi connectivity index (χ0) is 18.1. The van der Waals surface area contributed by atoms with Crippen LogP contribution in [0.4, 0.5) is 0 Å². The van der Waals surface area contributed by atoms with Crippen molar-refractivity contribution < 1.29 is 9.59 Å². The zero-order valence-corrected chi connectivity index (χ0v) is 15.2. The number of amides is 2. The summed E-state index contributed by atoms with van der Waals surface area (Å²) in [6, 6.07) is 5.08. The number of carbonyl (C=O) groups is 2. The number of hydrogen-bond donors (Lipinski definition) is 1. The number of hydrogen-bond acceptors (Lipinski definition) is 4. The third-order valence-corrected chi connectivity index (χ3v) is 4.57. The van der Waals surface area contributed by atoms with Crippen LogP contribution in [0.1, 0.15) is 34.7 Å². The van der Waals surface area contributed by atoms with Gasteiger partial charge in [-0.15, -0.1) is 0 Å². The van der Waals surface area contributed by atoms with Gasteiger partial charge in [0.15, 0.2) is 5.82 Å². The number of aromatic nitrogens is 3. The van der Waals surface area contributed by atoms with Crippen LogP contribution in [0.5, 0.6) is 0 Å². The highest BCUT2D eigenvalue weighted by molar-refractivity contribution is 6.33. The molecule has 1 aliphatic heterocycles. The summed E-state index contributed by atoms with van der Waals surface area (Å²) in [6.07, 6.45) is 1.000. The summed E-state index contributed by atoms with van der Waals surface area (Å²) in [6.45, 7) is 4.43. The van der Waals surface area contributed by atoms with Gasteiger partial charge < -0.3 is 10.2 Å². The molecule has 1 unspecified atom stereocenters. The Morgan fingerprint density at radius 2 is 2.12 bits per heavy atom. The Bertz CT molecular complexity index is 832. The van der Waals surface area contributed by atoms with E-state index >= 15 is 0 Å². The normalized spacial score (nSPS) is 17.7. The van der Waals surface area contributed by atoms with Crippen LogP contribution in [-0.4, -0.2) is 51.1 Å². The van der Waals surface area contributed by atoms with Gasteiger partial charge >= 0.3 is 0 Å². The van der Waals surface area contributed by atoms with Gasteiger partial charge in [-0.25, -0.2) is 9.67 Å². The van der Waals surface area contributed by atoms with Crippen LogP contribution >= 0.6 is 11.6 Å². The molecule has 0 aromatic carbocycles. The summed E-state index contributed by atoms with van der Waals surface area (Å²) < 4.78 is 1.67. The maximum absolute atomic E-state index is 12.6. The van der Waals surface area contributed by atoms with E-state index in [9.17, 15) is 9.59 Å². The molecule has 3 rings (SSSR count). The average Bonchev–Trinajstić information content (AvgIpc) is 2.90. The number of likely N-dealkylation sites (tertiary alicyclic amines) is 1. The maximum atomic E-state index is 12.6. The second-order valence-corrected chi connectivity index (χ2v) is 6.72. The summed E-state index contributed by atoms with van der Waals surface area (Å²) in [4.78, 5) is 30.4. The molecule has 1 saturated heterocycles. The van der Waals surface area contributed by atoms with Gasteiger partial charge in [0.25, 0.3) is 5.91 Å². The lowest BCUT2D eigenvalue weighted by molar-refractivity contribution is -0.132. The fourth-order valence-corrected chi connectivity index (χ4v) is 3.08. The molecule has 1 N–H and O–H groups in total. The topological polar surface area (TPSA) is 80.1 Å². The Morgan fingerprint density at radius 1 is 1.36 bits per heavy atom. The van der Waals surface area contributed by atoms with E-state index in [1.54, 1.807) is 28.8 Å². The van der Waals surface area contributed by atoms with Gasteiger partial charge in [0.1, 0.15) is 5.69 Å². The van der Waals surface area contributed by atoms with E-state index in [0.717, 1.165) is 11.4 Å². The van der Waals surface area contributed by atoms with E-state index in [0.29, 0.717) is 18.8 Å². The molecule has 3 heterocycles. The highest BCUT2D eigenvalue weighted by Gasteiger charge is 2.26. The Kier molecular flexibility index (Phi) is 4.76. The number of piperidine rings is 1. The van der Waals surface area contributed by atoms with E-state index in [4.69, 9.17) is 11.6 Å². The Morgan fingerprint density at radius 3 is 2.76 bits per heavy atom. The minimum Gasteiger partial charge on any atom is -0.347 e. The summed E-state index contributed by atoms with van der Waals surface area (Å²) in [5, 5.41) is 7.50. The van der Waals surface area contributed by atoms with Crippen LogP contribution in [-0.2, 0) is 4.79 Å². The third kappa shape index (κ3) is 3.66. The quantitative estimate of drug-likeness (QED) is 0.905. The first-order chi connectivity index (χ1) is 11.8. The smallest absolute Gasteiger partial charge is 0.271 e. The van der Waals surface area contributed by atoms with Crippen molar-refractivity contribution in [3.63, 3.8) is 0 Å². The number of rotatable bonds is 3. The van der Waals surface area contributed by atoms with Crippen molar-refractivity contribution in [1.29, 1.82) is 0 Å². The second kappa shape index (κ2) is 6.84. The molecule has 1 fully saturated rings. The monoisotopic (exact) mass is 361 g/mol. The minimum atomic E-state index is -0.379. The first-order valence-corrected chi connectivity index (χ1v) is 8.48. The zero-order valence-electron chi connectivity index (χ0n) is 14.4. The molecule has 2 aromatic heterocycles. The van der Waals surface area contributed by atoms with E-state index in [2.05, 4.69) is 15.4 Å². The van der Waals surface area contributed by atoms with Crippen LogP contribution in [0, 0.1) is 13.8 Å². The maximum Gasteiger partial charge on any atom is 0.271 e. The number of pyridine rings is 1. The first kappa shape index (κ1) is 17.4. The summed E-state index contributed by atoms with van der Waals surface area (Å²) in [7, 11) is 1.76. The molecule has 0 saturated carbocycles. The number of carbonyl (C=O) groups excluding carboxylic acids is 2. The van der Waals surface area contributed by atoms with Gasteiger partial charge in [0.05, 0.1) is 10.7 Å². The highest BCUT2D eigenvalue weighted by atomic mass is 35.5. The molecule has 8 heteroatoms. The Balaban J connectivity index is 1.82. The molecule has 1 aliphatic rings. The van der Waals surface area contributed by atoms with Crippen LogP contribution < -0.4 is 5.32 Å². The van der Waals surface area contributed by atoms with Crippen molar-refractivity contribution in [2.24, 2.45) is 0 Å². The molecule has 2 aromatic rings. The molecule has 7 nitrogen and oxygen atoms in total. The highest BCUT2D eigenvalue weighted by Crippen LogP contribution is 2.19. The van der Waals surface area contributed by atoms with Crippen LogP contribution in [0.2, 0.25) is 5.02 Å². The lowest BCUT2D eigenvalue weighted by atomic mass is 10.0. The van der Waals surface area contributed by atoms with Crippen LogP contribution in [0.15, 0.2) is 18.2 Å². The standard InChI is InChI=1S/C17H20ClN5O2/c1-10-8-11(2)23(21-10)14-5-4-13(18)16(20-14)17(25)19-12-6-7-22(3)15(24)9-12/h4-5,8,12H,6-7,9H2,1-3H3,(H,19,25). The van der Waals surface area contributed by atoms with Gasteiger partial charge in [-0.1, -0.05) is 11.6 Å². The van der Waals surface area contributed by atoms with E-state index in [-0.39, 0.29) is 35.0 Å². The first-order valence-electron chi connectivity index (χ1n) is 8.10. The van der Waals surface area contributed by atoms with E-state index in [1.165, 1.54) is 0 Å². The SMILES string of the molecule is Cc1cc(C)n(-c2ccc(Cl)c(C(=O)NC3CCN(C)C(=O)C3)n2)n1. The Labute approximate surface area is 151 Å². The number of nitrogens with one attached hydrogen (secondary N) is 1. The van der Waals surface area contributed by atoms with Crippen LogP contribution in [0.3, 0.4) is 0 Å². The summed E-state index contributed by atoms with van der Waals surface area (Å²) >= 11 is 6.16. The van der Waals surface area contributed by atoms with Gasteiger partial charge in [0, 0.05) is 31.7 Å². The predicted molar refractivity (Wildman–Crippen MR) is 94.0 cm³/mol. The molecule has 2 amide bonds. The molecule has 0 radical (unpaired) electrons. The van der Waals surface area contributed by atoms with Crippen molar-refractivity contribution >= 4 is 23.4 Å².